The van der Waals surface area contributed by atoms with Gasteiger partial charge in [0.25, 0.3) is 5.91 Å². The number of methoxy groups -OCH3 is 1. The molecule has 1 saturated heterocycles. The van der Waals surface area contributed by atoms with Crippen molar-refractivity contribution in [1.29, 1.82) is 0 Å². The zero-order valence-corrected chi connectivity index (χ0v) is 17.4. The molecule has 0 unspecified atom stereocenters. The van der Waals surface area contributed by atoms with Gasteiger partial charge < -0.3 is 20.3 Å². The fourth-order valence-electron chi connectivity index (χ4n) is 3.52. The first kappa shape index (κ1) is 19.1. The van der Waals surface area contributed by atoms with Crippen LogP contribution in [0.15, 0.2) is 36.4 Å². The molecule has 2 heterocycles. The third-order valence-electron chi connectivity index (χ3n) is 5.00. The maximum absolute atomic E-state index is 12.9. The molecule has 146 valence electrons. The number of rotatable bonds is 4. The van der Waals surface area contributed by atoms with Crippen LogP contribution in [0.5, 0.6) is 5.75 Å². The van der Waals surface area contributed by atoms with Crippen LogP contribution in [-0.2, 0) is 0 Å². The first-order chi connectivity index (χ1) is 13.6. The van der Waals surface area contributed by atoms with E-state index >= 15 is 0 Å². The Balaban J connectivity index is 1.62. The number of nitrogens with one attached hydrogen (secondary N) is 2. The number of hydrogen-bond donors (Lipinski definition) is 2. The first-order valence-electron chi connectivity index (χ1n) is 9.20. The summed E-state index contributed by atoms with van der Waals surface area (Å²) in [5.41, 5.74) is 2.71. The van der Waals surface area contributed by atoms with E-state index in [9.17, 15) is 4.79 Å². The highest BCUT2D eigenvalue weighted by Crippen LogP contribution is 2.35. The van der Waals surface area contributed by atoms with E-state index in [0.29, 0.717) is 9.90 Å². The fourth-order valence-corrected chi connectivity index (χ4v) is 4.78. The van der Waals surface area contributed by atoms with Gasteiger partial charge in [-0.25, -0.2) is 0 Å². The summed E-state index contributed by atoms with van der Waals surface area (Å²) < 4.78 is 6.59. The summed E-state index contributed by atoms with van der Waals surface area (Å²) >= 11 is 7.60. The highest BCUT2D eigenvalue weighted by molar-refractivity contribution is 7.21. The normalized spacial score (nSPS) is 14.3. The van der Waals surface area contributed by atoms with Gasteiger partial charge in [0.2, 0.25) is 0 Å². The molecular formula is C21H22ClN3O2S. The van der Waals surface area contributed by atoms with Gasteiger partial charge >= 0.3 is 0 Å². The van der Waals surface area contributed by atoms with E-state index in [1.54, 1.807) is 7.11 Å². The Morgan fingerprint density at radius 1 is 1.21 bits per heavy atom. The maximum Gasteiger partial charge on any atom is 0.266 e. The van der Waals surface area contributed by atoms with Crippen LogP contribution in [0.3, 0.4) is 0 Å². The molecule has 0 aliphatic carbocycles. The Morgan fingerprint density at radius 2 is 2.00 bits per heavy atom. The van der Waals surface area contributed by atoms with Crippen LogP contribution in [0, 0.1) is 6.92 Å². The Morgan fingerprint density at radius 3 is 2.75 bits per heavy atom. The molecule has 0 radical (unpaired) electrons. The minimum absolute atomic E-state index is 0.105. The summed E-state index contributed by atoms with van der Waals surface area (Å²) in [7, 11) is 1.67. The molecule has 4 rings (SSSR count). The van der Waals surface area contributed by atoms with Gasteiger partial charge in [-0.2, -0.15) is 0 Å². The SMILES string of the molecule is COc1ccc(NC(=O)c2sc3ccc(Cl)cc3c2C)cc1N1CCNCC1. The van der Waals surface area contributed by atoms with Crippen LogP contribution in [0.4, 0.5) is 11.4 Å². The van der Waals surface area contributed by atoms with Gasteiger partial charge in [-0.3, -0.25) is 4.79 Å². The number of carbonyl (C=O) groups excluding carboxylic acids is 1. The van der Waals surface area contributed by atoms with Gasteiger partial charge in [-0.1, -0.05) is 11.6 Å². The highest BCUT2D eigenvalue weighted by atomic mass is 35.5. The number of aryl methyl sites for hydroxylation is 1. The van der Waals surface area contributed by atoms with Crippen molar-refractivity contribution >= 4 is 50.3 Å². The van der Waals surface area contributed by atoms with Crippen molar-refractivity contribution in [2.75, 3.05) is 43.5 Å². The van der Waals surface area contributed by atoms with Crippen molar-refractivity contribution in [3.05, 3.63) is 51.9 Å². The molecule has 0 saturated carbocycles. The third kappa shape index (κ3) is 3.68. The van der Waals surface area contributed by atoms with Crippen molar-refractivity contribution in [3.8, 4) is 5.75 Å². The Labute approximate surface area is 173 Å². The molecule has 0 bridgehead atoms. The average Bonchev–Trinajstić information content (AvgIpc) is 3.05. The van der Waals surface area contributed by atoms with E-state index in [0.717, 1.165) is 59.0 Å². The Bertz CT molecular complexity index is 1030. The van der Waals surface area contributed by atoms with Gasteiger partial charge in [-0.15, -0.1) is 11.3 Å². The molecule has 1 amide bonds. The molecule has 0 spiro atoms. The molecule has 28 heavy (non-hydrogen) atoms. The molecule has 2 aromatic carbocycles. The van der Waals surface area contributed by atoms with Crippen molar-refractivity contribution < 1.29 is 9.53 Å². The minimum atomic E-state index is -0.105. The molecule has 7 heteroatoms. The zero-order valence-electron chi connectivity index (χ0n) is 15.8. The summed E-state index contributed by atoms with van der Waals surface area (Å²) in [5, 5.41) is 8.10. The van der Waals surface area contributed by atoms with Crippen LogP contribution < -0.4 is 20.3 Å². The molecule has 5 nitrogen and oxygen atoms in total. The molecule has 1 aromatic heterocycles. The highest BCUT2D eigenvalue weighted by Gasteiger charge is 2.19. The Hall–Kier alpha value is -2.28. The number of halogens is 1. The number of anilines is 2. The predicted octanol–water partition coefficient (Wildman–Crippen LogP) is 4.53. The number of amides is 1. The average molecular weight is 416 g/mol. The van der Waals surface area contributed by atoms with Crippen molar-refractivity contribution in [2.24, 2.45) is 0 Å². The van der Waals surface area contributed by atoms with E-state index in [2.05, 4.69) is 15.5 Å². The predicted molar refractivity (Wildman–Crippen MR) is 118 cm³/mol. The molecule has 2 N–H and O–H groups in total. The van der Waals surface area contributed by atoms with Crippen molar-refractivity contribution in [1.82, 2.24) is 5.32 Å². The van der Waals surface area contributed by atoms with E-state index in [4.69, 9.17) is 16.3 Å². The topological polar surface area (TPSA) is 53.6 Å². The van der Waals surface area contributed by atoms with Crippen LogP contribution in [0.25, 0.3) is 10.1 Å². The molecular weight excluding hydrogens is 394 g/mol. The van der Waals surface area contributed by atoms with Crippen LogP contribution in [0.2, 0.25) is 5.02 Å². The van der Waals surface area contributed by atoms with E-state index in [1.165, 1.54) is 11.3 Å². The lowest BCUT2D eigenvalue weighted by atomic mass is 10.1. The van der Waals surface area contributed by atoms with E-state index in [1.807, 2.05) is 43.3 Å². The summed E-state index contributed by atoms with van der Waals surface area (Å²) in [6, 6.07) is 11.5. The molecule has 0 atom stereocenters. The fraction of sp³-hybridized carbons (Fsp3) is 0.286. The number of carbonyl (C=O) groups is 1. The third-order valence-corrected chi connectivity index (χ3v) is 6.51. The monoisotopic (exact) mass is 415 g/mol. The number of benzene rings is 2. The number of fused-ring (bicyclic) bond motifs is 1. The summed E-state index contributed by atoms with van der Waals surface area (Å²) in [4.78, 5) is 15.9. The quantitative estimate of drug-likeness (QED) is 0.657. The second kappa shape index (κ2) is 7.99. The number of hydrogen-bond acceptors (Lipinski definition) is 5. The van der Waals surface area contributed by atoms with Gasteiger partial charge in [0.05, 0.1) is 17.7 Å². The summed E-state index contributed by atoms with van der Waals surface area (Å²) in [6.07, 6.45) is 0. The minimum Gasteiger partial charge on any atom is -0.495 e. The zero-order chi connectivity index (χ0) is 19.7. The van der Waals surface area contributed by atoms with Crippen LogP contribution in [0.1, 0.15) is 15.2 Å². The number of thiophene rings is 1. The van der Waals surface area contributed by atoms with Crippen LogP contribution >= 0.6 is 22.9 Å². The number of nitrogens with zero attached hydrogens (tertiary/aromatic N) is 1. The number of piperazine rings is 1. The molecule has 1 aliphatic rings. The van der Waals surface area contributed by atoms with E-state index in [-0.39, 0.29) is 5.91 Å². The summed E-state index contributed by atoms with van der Waals surface area (Å²) in [6.45, 7) is 5.64. The largest absolute Gasteiger partial charge is 0.495 e. The van der Waals surface area contributed by atoms with Gasteiger partial charge in [0.15, 0.2) is 0 Å². The molecule has 3 aromatic rings. The number of ether oxygens (including phenoxy) is 1. The lowest BCUT2D eigenvalue weighted by Gasteiger charge is -2.30. The lowest BCUT2D eigenvalue weighted by molar-refractivity contribution is 0.103. The lowest BCUT2D eigenvalue weighted by Crippen LogP contribution is -2.43. The maximum atomic E-state index is 12.9. The van der Waals surface area contributed by atoms with Gasteiger partial charge in [-0.05, 0) is 54.3 Å². The van der Waals surface area contributed by atoms with Crippen molar-refractivity contribution in [3.63, 3.8) is 0 Å². The standard InChI is InChI=1S/C21H22ClN3O2S/c1-13-16-11-14(22)3-6-19(16)28-20(13)21(26)24-15-4-5-18(27-2)17(12-15)25-9-7-23-8-10-25/h3-6,11-12,23H,7-10H2,1-2H3,(H,24,26). The molecule has 1 aliphatic heterocycles. The van der Waals surface area contributed by atoms with Gasteiger partial charge in [0.1, 0.15) is 5.75 Å². The first-order valence-corrected chi connectivity index (χ1v) is 10.4. The summed E-state index contributed by atoms with van der Waals surface area (Å²) in [5.74, 6) is 0.707. The second-order valence-electron chi connectivity index (χ2n) is 6.77. The van der Waals surface area contributed by atoms with Gasteiger partial charge in [0, 0.05) is 41.6 Å². The second-order valence-corrected chi connectivity index (χ2v) is 8.26. The smallest absolute Gasteiger partial charge is 0.266 e. The van der Waals surface area contributed by atoms with Crippen molar-refractivity contribution in [2.45, 2.75) is 6.92 Å². The van der Waals surface area contributed by atoms with Crippen LogP contribution in [-0.4, -0.2) is 39.2 Å². The van der Waals surface area contributed by atoms with E-state index < -0.39 is 0 Å². The molecule has 1 fully saturated rings. The Kier molecular flexibility index (Phi) is 5.44.